The van der Waals surface area contributed by atoms with Crippen LogP contribution in [0.15, 0.2) is 40.2 Å². The fourth-order valence-electron chi connectivity index (χ4n) is 2.30. The van der Waals surface area contributed by atoms with Gasteiger partial charge in [-0.2, -0.15) is 0 Å². The fraction of sp³-hybridized carbons (Fsp3) is 0.188. The zero-order valence-electron chi connectivity index (χ0n) is 13.0. The van der Waals surface area contributed by atoms with Crippen molar-refractivity contribution in [3.8, 4) is 5.69 Å². The summed E-state index contributed by atoms with van der Waals surface area (Å²) in [4.78, 5) is 15.4. The van der Waals surface area contributed by atoms with E-state index in [1.807, 2.05) is 31.2 Å². The number of carbonyl (C=O) groups is 1. The molecule has 0 radical (unpaired) electrons. The predicted molar refractivity (Wildman–Crippen MR) is 98.9 cm³/mol. The van der Waals surface area contributed by atoms with Gasteiger partial charge in [0.2, 0.25) is 0 Å². The third kappa shape index (κ3) is 3.53. The van der Waals surface area contributed by atoms with Crippen molar-refractivity contribution in [2.45, 2.75) is 13.5 Å². The van der Waals surface area contributed by atoms with Gasteiger partial charge in [0.25, 0.3) is 5.91 Å². The van der Waals surface area contributed by atoms with E-state index in [2.05, 4.69) is 26.2 Å². The summed E-state index contributed by atoms with van der Waals surface area (Å²) in [5, 5.41) is 8.77. The van der Waals surface area contributed by atoms with Gasteiger partial charge in [-0.15, -0.1) is 16.4 Å². The highest BCUT2D eigenvalue weighted by molar-refractivity contribution is 9.11. The van der Waals surface area contributed by atoms with Crippen LogP contribution < -0.4 is 0 Å². The molecule has 1 aromatic carbocycles. The van der Waals surface area contributed by atoms with Crippen LogP contribution in [0.25, 0.3) is 5.69 Å². The van der Waals surface area contributed by atoms with Crippen LogP contribution in [0.1, 0.15) is 21.1 Å². The lowest BCUT2D eigenvalue weighted by molar-refractivity contribution is 0.0780. The van der Waals surface area contributed by atoms with Crippen LogP contribution in [-0.4, -0.2) is 32.8 Å². The molecule has 1 amide bonds. The molecule has 24 heavy (non-hydrogen) atoms. The number of nitrogens with zero attached hydrogens (tertiary/aromatic N) is 4. The van der Waals surface area contributed by atoms with E-state index in [0.29, 0.717) is 23.0 Å². The van der Waals surface area contributed by atoms with E-state index in [9.17, 15) is 4.79 Å². The molecule has 0 saturated heterocycles. The van der Waals surface area contributed by atoms with Crippen LogP contribution in [0.4, 0.5) is 0 Å². The van der Waals surface area contributed by atoms with E-state index < -0.39 is 0 Å². The molecule has 0 atom stereocenters. The third-order valence-electron chi connectivity index (χ3n) is 3.52. The second-order valence-electron chi connectivity index (χ2n) is 5.28. The Morgan fingerprint density at radius 3 is 2.83 bits per heavy atom. The van der Waals surface area contributed by atoms with Crippen molar-refractivity contribution in [1.82, 2.24) is 19.9 Å². The molecule has 0 bridgehead atoms. The van der Waals surface area contributed by atoms with E-state index in [4.69, 9.17) is 11.6 Å². The molecule has 3 aromatic rings. The molecule has 5 nitrogen and oxygen atoms in total. The Balaban J connectivity index is 1.83. The first-order valence-electron chi connectivity index (χ1n) is 7.13. The van der Waals surface area contributed by atoms with Gasteiger partial charge in [0.05, 0.1) is 21.7 Å². The van der Waals surface area contributed by atoms with Gasteiger partial charge in [0, 0.05) is 16.9 Å². The highest BCUT2D eigenvalue weighted by atomic mass is 79.9. The summed E-state index contributed by atoms with van der Waals surface area (Å²) in [6.07, 6.45) is 0. The molecule has 0 fully saturated rings. The van der Waals surface area contributed by atoms with Gasteiger partial charge in [-0.1, -0.05) is 22.9 Å². The second kappa shape index (κ2) is 7.04. The first kappa shape index (κ1) is 17.1. The average molecular weight is 426 g/mol. The molecule has 0 unspecified atom stereocenters. The Kier molecular flexibility index (Phi) is 5.03. The Labute approximate surface area is 157 Å². The minimum atomic E-state index is -0.162. The number of thiophene rings is 1. The minimum absolute atomic E-state index is 0.162. The topological polar surface area (TPSA) is 51.0 Å². The van der Waals surface area contributed by atoms with Gasteiger partial charge >= 0.3 is 0 Å². The number of carbonyl (C=O) groups excluding carboxylic acids is 1. The van der Waals surface area contributed by atoms with Gasteiger partial charge in [-0.25, -0.2) is 4.68 Å². The van der Waals surface area contributed by atoms with E-state index >= 15 is 0 Å². The Morgan fingerprint density at radius 2 is 2.17 bits per heavy atom. The normalized spacial score (nSPS) is 10.8. The molecule has 2 heterocycles. The molecule has 0 saturated carbocycles. The number of amides is 1. The second-order valence-corrected chi connectivity index (χ2v) is 8.27. The van der Waals surface area contributed by atoms with Crippen molar-refractivity contribution in [3.05, 3.63) is 61.5 Å². The van der Waals surface area contributed by atoms with Crippen molar-refractivity contribution in [1.29, 1.82) is 0 Å². The molecular formula is C16H14BrClN4OS. The summed E-state index contributed by atoms with van der Waals surface area (Å²) in [6, 6.07) is 11.2. The number of hydrogen-bond donors (Lipinski definition) is 0. The van der Waals surface area contributed by atoms with Crippen LogP contribution in [-0.2, 0) is 6.54 Å². The van der Waals surface area contributed by atoms with Crippen molar-refractivity contribution >= 4 is 44.8 Å². The molecule has 0 aliphatic rings. The van der Waals surface area contributed by atoms with Crippen LogP contribution in [0, 0.1) is 6.92 Å². The van der Waals surface area contributed by atoms with Crippen LogP contribution in [0.2, 0.25) is 5.02 Å². The highest BCUT2D eigenvalue weighted by Gasteiger charge is 2.21. The van der Waals surface area contributed by atoms with Gasteiger partial charge in [-0.3, -0.25) is 4.79 Å². The molecule has 3 rings (SSSR count). The summed E-state index contributed by atoms with van der Waals surface area (Å²) in [7, 11) is 1.76. The zero-order chi connectivity index (χ0) is 17.3. The largest absolute Gasteiger partial charge is 0.335 e. The monoisotopic (exact) mass is 424 g/mol. The number of benzene rings is 1. The summed E-state index contributed by atoms with van der Waals surface area (Å²) in [5.41, 5.74) is 1.80. The van der Waals surface area contributed by atoms with E-state index in [1.54, 1.807) is 40.1 Å². The summed E-state index contributed by atoms with van der Waals surface area (Å²) < 4.78 is 2.66. The number of aromatic nitrogens is 3. The van der Waals surface area contributed by atoms with Gasteiger partial charge in [-0.05, 0) is 53.2 Å². The SMILES string of the molecule is Cc1c(C(=O)N(C)Cc2ccc(Br)s2)nnn1-c1cccc(Cl)c1. The highest BCUT2D eigenvalue weighted by Crippen LogP contribution is 2.24. The third-order valence-corrected chi connectivity index (χ3v) is 5.36. The average Bonchev–Trinajstić information content (AvgIpc) is 3.12. The minimum Gasteiger partial charge on any atom is -0.335 e. The molecule has 124 valence electrons. The van der Waals surface area contributed by atoms with Gasteiger partial charge in [0.1, 0.15) is 0 Å². The van der Waals surface area contributed by atoms with Crippen molar-refractivity contribution < 1.29 is 4.79 Å². The van der Waals surface area contributed by atoms with Gasteiger partial charge in [0.15, 0.2) is 5.69 Å². The first-order chi connectivity index (χ1) is 11.5. The van der Waals surface area contributed by atoms with Crippen LogP contribution >= 0.6 is 38.9 Å². The van der Waals surface area contributed by atoms with Gasteiger partial charge < -0.3 is 4.90 Å². The molecule has 0 spiro atoms. The standard InChI is InChI=1S/C16H14BrClN4OS/c1-10-15(16(23)21(2)9-13-6-7-14(17)24-13)19-20-22(10)12-5-3-4-11(18)8-12/h3-8H,9H2,1-2H3. The maximum atomic E-state index is 12.7. The molecule has 8 heteroatoms. The quantitative estimate of drug-likeness (QED) is 0.625. The molecule has 0 aliphatic heterocycles. The number of hydrogen-bond acceptors (Lipinski definition) is 4. The predicted octanol–water partition coefficient (Wildman–Crippen LogP) is 4.33. The smallest absolute Gasteiger partial charge is 0.276 e. The van der Waals surface area contributed by atoms with Crippen molar-refractivity contribution in [2.75, 3.05) is 7.05 Å². The van der Waals surface area contributed by atoms with Crippen LogP contribution in [0.3, 0.4) is 0 Å². The van der Waals surface area contributed by atoms with Crippen molar-refractivity contribution in [3.63, 3.8) is 0 Å². The first-order valence-corrected chi connectivity index (χ1v) is 9.12. The zero-order valence-corrected chi connectivity index (χ0v) is 16.2. The lowest BCUT2D eigenvalue weighted by Gasteiger charge is -2.15. The van der Waals surface area contributed by atoms with Crippen LogP contribution in [0.5, 0.6) is 0 Å². The Bertz CT molecular complexity index is 892. The fourth-order valence-corrected chi connectivity index (χ4v) is 4.02. The summed E-state index contributed by atoms with van der Waals surface area (Å²) >= 11 is 11.1. The van der Waals surface area contributed by atoms with E-state index in [0.717, 1.165) is 14.4 Å². The molecule has 0 aliphatic carbocycles. The van der Waals surface area contributed by atoms with E-state index in [-0.39, 0.29) is 5.91 Å². The molecule has 0 N–H and O–H groups in total. The Morgan fingerprint density at radius 1 is 1.38 bits per heavy atom. The Hall–Kier alpha value is -1.70. The maximum Gasteiger partial charge on any atom is 0.276 e. The van der Waals surface area contributed by atoms with Crippen molar-refractivity contribution in [2.24, 2.45) is 0 Å². The molecule has 2 aromatic heterocycles. The lowest BCUT2D eigenvalue weighted by Crippen LogP contribution is -2.26. The number of rotatable bonds is 4. The summed E-state index contributed by atoms with van der Waals surface area (Å²) in [6.45, 7) is 2.35. The maximum absolute atomic E-state index is 12.7. The lowest BCUT2D eigenvalue weighted by atomic mass is 10.2. The summed E-state index contributed by atoms with van der Waals surface area (Å²) in [5.74, 6) is -0.162. The number of halogens is 2. The molecular weight excluding hydrogens is 412 g/mol. The van der Waals surface area contributed by atoms with E-state index in [1.165, 1.54) is 0 Å².